The van der Waals surface area contributed by atoms with Crippen molar-refractivity contribution < 1.29 is 19.4 Å². The summed E-state index contributed by atoms with van der Waals surface area (Å²) in [6, 6.07) is 4.16. The number of ether oxygens (including phenoxy) is 1. The summed E-state index contributed by atoms with van der Waals surface area (Å²) in [6.07, 6.45) is 0. The first-order valence-corrected chi connectivity index (χ1v) is 5.44. The molecule has 0 bridgehead atoms. The maximum absolute atomic E-state index is 11.1. The first-order chi connectivity index (χ1) is 8.04. The fraction of sp³-hybridized carbons (Fsp3) is 0.200. The summed E-state index contributed by atoms with van der Waals surface area (Å²) >= 11 is 3.23. The Labute approximate surface area is 106 Å². The third-order valence-corrected chi connectivity index (χ3v) is 2.45. The second-order valence-corrected chi connectivity index (χ2v) is 3.94. The SMILES string of the molecule is NC(=O)NC(=O)COc1c(Br)cccc1CO. The summed E-state index contributed by atoms with van der Waals surface area (Å²) in [7, 11) is 0. The van der Waals surface area contributed by atoms with Crippen molar-refractivity contribution in [2.45, 2.75) is 6.61 Å². The van der Waals surface area contributed by atoms with Crippen molar-refractivity contribution in [3.05, 3.63) is 28.2 Å². The fourth-order valence-corrected chi connectivity index (χ4v) is 1.67. The van der Waals surface area contributed by atoms with Crippen LogP contribution in [0.2, 0.25) is 0 Å². The summed E-state index contributed by atoms with van der Waals surface area (Å²) in [5, 5.41) is 10.9. The molecule has 6 nitrogen and oxygen atoms in total. The molecule has 0 saturated heterocycles. The summed E-state index contributed by atoms with van der Waals surface area (Å²) in [4.78, 5) is 21.5. The van der Waals surface area contributed by atoms with Crippen LogP contribution in [0.3, 0.4) is 0 Å². The molecule has 7 heteroatoms. The minimum Gasteiger partial charge on any atom is -0.482 e. The Bertz CT molecular complexity index is 436. The van der Waals surface area contributed by atoms with Crippen LogP contribution in [0.4, 0.5) is 4.79 Å². The number of halogens is 1. The van der Waals surface area contributed by atoms with Gasteiger partial charge < -0.3 is 15.6 Å². The molecule has 0 heterocycles. The molecule has 1 rings (SSSR count). The molecule has 0 radical (unpaired) electrons. The zero-order valence-corrected chi connectivity index (χ0v) is 10.4. The lowest BCUT2D eigenvalue weighted by atomic mass is 10.2. The number of nitrogens with one attached hydrogen (secondary N) is 1. The van der Waals surface area contributed by atoms with Gasteiger partial charge in [0, 0.05) is 5.56 Å². The van der Waals surface area contributed by atoms with Crippen LogP contribution in [-0.2, 0) is 11.4 Å². The summed E-state index contributed by atoms with van der Waals surface area (Å²) in [6.45, 7) is -0.579. The Morgan fingerprint density at radius 3 is 2.76 bits per heavy atom. The highest BCUT2D eigenvalue weighted by atomic mass is 79.9. The molecule has 92 valence electrons. The van der Waals surface area contributed by atoms with Crippen LogP contribution in [-0.4, -0.2) is 23.7 Å². The zero-order chi connectivity index (χ0) is 12.8. The van der Waals surface area contributed by atoms with E-state index in [0.717, 1.165) is 0 Å². The van der Waals surface area contributed by atoms with Crippen LogP contribution in [0.15, 0.2) is 22.7 Å². The van der Waals surface area contributed by atoms with Crippen LogP contribution in [0.5, 0.6) is 5.75 Å². The van der Waals surface area contributed by atoms with E-state index in [2.05, 4.69) is 15.9 Å². The highest BCUT2D eigenvalue weighted by molar-refractivity contribution is 9.10. The number of aliphatic hydroxyl groups excluding tert-OH is 1. The molecular weight excluding hydrogens is 292 g/mol. The predicted molar refractivity (Wildman–Crippen MR) is 63.3 cm³/mol. The largest absolute Gasteiger partial charge is 0.482 e. The number of carbonyl (C=O) groups excluding carboxylic acids is 2. The third-order valence-electron chi connectivity index (χ3n) is 1.83. The van der Waals surface area contributed by atoms with Crippen molar-refractivity contribution in [3.63, 3.8) is 0 Å². The highest BCUT2D eigenvalue weighted by Gasteiger charge is 2.10. The van der Waals surface area contributed by atoms with Gasteiger partial charge >= 0.3 is 6.03 Å². The Hall–Kier alpha value is -1.60. The van der Waals surface area contributed by atoms with Crippen molar-refractivity contribution in [2.75, 3.05) is 6.61 Å². The van der Waals surface area contributed by atoms with E-state index >= 15 is 0 Å². The molecule has 0 unspecified atom stereocenters. The number of primary amides is 1. The van der Waals surface area contributed by atoms with E-state index in [-0.39, 0.29) is 13.2 Å². The molecular formula is C10H11BrN2O4. The minimum absolute atomic E-state index is 0.216. The van der Waals surface area contributed by atoms with Crippen LogP contribution >= 0.6 is 15.9 Å². The van der Waals surface area contributed by atoms with Gasteiger partial charge in [-0.15, -0.1) is 0 Å². The molecule has 4 N–H and O–H groups in total. The molecule has 1 aromatic rings. The number of aliphatic hydroxyl groups is 1. The first kappa shape index (κ1) is 13.5. The topological polar surface area (TPSA) is 102 Å². The monoisotopic (exact) mass is 302 g/mol. The molecule has 3 amide bonds. The smallest absolute Gasteiger partial charge is 0.318 e. The predicted octanol–water partition coefficient (Wildman–Crippen LogP) is 0.515. The summed E-state index contributed by atoms with van der Waals surface area (Å²) in [5.41, 5.74) is 5.31. The van der Waals surface area contributed by atoms with Crippen molar-refractivity contribution >= 4 is 27.9 Å². The number of amides is 3. The van der Waals surface area contributed by atoms with E-state index in [1.54, 1.807) is 18.2 Å². The molecule has 0 spiro atoms. The molecule has 0 aromatic heterocycles. The van der Waals surface area contributed by atoms with Crippen molar-refractivity contribution in [1.82, 2.24) is 5.32 Å². The lowest BCUT2D eigenvalue weighted by Crippen LogP contribution is -2.38. The minimum atomic E-state index is -0.937. The van der Waals surface area contributed by atoms with Crippen LogP contribution in [0.1, 0.15) is 5.56 Å². The number of carbonyl (C=O) groups is 2. The average molecular weight is 303 g/mol. The van der Waals surface area contributed by atoms with Gasteiger partial charge in [0.05, 0.1) is 11.1 Å². The van der Waals surface area contributed by atoms with E-state index in [9.17, 15) is 9.59 Å². The summed E-state index contributed by atoms with van der Waals surface area (Å²) in [5.74, 6) is -0.299. The normalized spacial score (nSPS) is 9.76. The third kappa shape index (κ3) is 4.04. The van der Waals surface area contributed by atoms with Gasteiger partial charge in [-0.05, 0) is 22.0 Å². The van der Waals surface area contributed by atoms with Gasteiger partial charge in [0.1, 0.15) is 5.75 Å². The van der Waals surface area contributed by atoms with E-state index < -0.39 is 11.9 Å². The average Bonchev–Trinajstić information content (AvgIpc) is 2.26. The Morgan fingerprint density at radius 1 is 1.47 bits per heavy atom. The van der Waals surface area contributed by atoms with E-state index in [0.29, 0.717) is 15.8 Å². The molecule has 0 fully saturated rings. The Morgan fingerprint density at radius 2 is 2.18 bits per heavy atom. The molecule has 0 aliphatic carbocycles. The second-order valence-electron chi connectivity index (χ2n) is 3.09. The highest BCUT2D eigenvalue weighted by Crippen LogP contribution is 2.28. The number of imide groups is 1. The van der Waals surface area contributed by atoms with Crippen LogP contribution in [0, 0.1) is 0 Å². The number of benzene rings is 1. The maximum Gasteiger partial charge on any atom is 0.318 e. The fourth-order valence-electron chi connectivity index (χ4n) is 1.15. The Balaban J connectivity index is 2.68. The summed E-state index contributed by atoms with van der Waals surface area (Å²) < 4.78 is 5.80. The van der Waals surface area contributed by atoms with Gasteiger partial charge in [-0.2, -0.15) is 0 Å². The number of hydrogen-bond acceptors (Lipinski definition) is 4. The second kappa shape index (κ2) is 6.21. The standard InChI is InChI=1S/C10H11BrN2O4/c11-7-3-1-2-6(4-14)9(7)17-5-8(15)13-10(12)16/h1-3,14H,4-5H2,(H3,12,13,15,16). The lowest BCUT2D eigenvalue weighted by Gasteiger charge is -2.11. The molecule has 0 aliphatic rings. The first-order valence-electron chi connectivity index (χ1n) is 4.65. The quantitative estimate of drug-likeness (QED) is 0.754. The molecule has 0 atom stereocenters. The van der Waals surface area contributed by atoms with Gasteiger partial charge in [0.15, 0.2) is 6.61 Å². The van der Waals surface area contributed by atoms with Gasteiger partial charge in [0.25, 0.3) is 5.91 Å². The number of nitrogens with two attached hydrogens (primary N) is 1. The van der Waals surface area contributed by atoms with E-state index in [1.807, 2.05) is 5.32 Å². The van der Waals surface area contributed by atoms with E-state index in [4.69, 9.17) is 15.6 Å². The number of hydrogen-bond donors (Lipinski definition) is 3. The molecule has 17 heavy (non-hydrogen) atoms. The zero-order valence-electron chi connectivity index (χ0n) is 8.77. The van der Waals surface area contributed by atoms with Crippen LogP contribution in [0.25, 0.3) is 0 Å². The van der Waals surface area contributed by atoms with Crippen molar-refractivity contribution in [3.8, 4) is 5.75 Å². The number of para-hydroxylation sites is 1. The van der Waals surface area contributed by atoms with E-state index in [1.165, 1.54) is 0 Å². The van der Waals surface area contributed by atoms with Gasteiger partial charge in [-0.3, -0.25) is 10.1 Å². The Kier molecular flexibility index (Phi) is 4.92. The lowest BCUT2D eigenvalue weighted by molar-refractivity contribution is -0.121. The van der Waals surface area contributed by atoms with Crippen molar-refractivity contribution in [2.24, 2.45) is 5.73 Å². The molecule has 0 aliphatic heterocycles. The van der Waals surface area contributed by atoms with Gasteiger partial charge in [-0.1, -0.05) is 12.1 Å². The number of rotatable bonds is 4. The maximum atomic E-state index is 11.1. The van der Waals surface area contributed by atoms with Gasteiger partial charge in [0.2, 0.25) is 0 Å². The van der Waals surface area contributed by atoms with Gasteiger partial charge in [-0.25, -0.2) is 4.79 Å². The molecule has 1 aromatic carbocycles. The molecule has 0 saturated carbocycles. The number of urea groups is 1. The van der Waals surface area contributed by atoms with Crippen molar-refractivity contribution in [1.29, 1.82) is 0 Å². The van der Waals surface area contributed by atoms with Crippen LogP contribution < -0.4 is 15.8 Å².